The summed E-state index contributed by atoms with van der Waals surface area (Å²) in [5.74, 6) is 0. The number of pyridine rings is 2. The smallest absolute Gasteiger partial charge is 0.386 e. The Balaban J connectivity index is -0.000000232. The SMILES string of the molecule is [CH2-]CC.[CH2-]CC.[CH2-]Cc1c(C)ccc2c(C)c[c-]nc12.[CH2-]Cc1cc2n[c-]cc(C)c2cc1C.[W+2].[W+2].[Y].[Y]. The number of benzene rings is 2. The van der Waals surface area contributed by atoms with Crippen LogP contribution < -0.4 is 0 Å². The van der Waals surface area contributed by atoms with Crippen LogP contribution >= 0.6 is 0 Å². The molecule has 2 aromatic carbocycles. The quantitative estimate of drug-likeness (QED) is 0.189. The zero-order chi connectivity index (χ0) is 25.7. The average Bonchev–Trinajstić information content (AvgIpc) is 2.81. The fourth-order valence-electron chi connectivity index (χ4n) is 3.46. The van der Waals surface area contributed by atoms with E-state index in [0.717, 1.165) is 36.7 Å². The first kappa shape index (κ1) is 45.8. The molecule has 38 heavy (non-hydrogen) atoms. The minimum absolute atomic E-state index is 0. The maximum absolute atomic E-state index is 4.31. The Morgan fingerprint density at radius 2 is 1.16 bits per heavy atom. The first-order valence-corrected chi connectivity index (χ1v) is 12.0. The fraction of sp³-hybridized carbons (Fsp3) is 0.312. The van der Waals surface area contributed by atoms with E-state index in [4.69, 9.17) is 0 Å². The van der Waals surface area contributed by atoms with Crippen LogP contribution in [0.4, 0.5) is 0 Å². The van der Waals surface area contributed by atoms with Crippen LogP contribution in [-0.2, 0) is 120 Å². The van der Waals surface area contributed by atoms with Crippen molar-refractivity contribution in [1.29, 1.82) is 0 Å². The molecule has 0 spiro atoms. The Hall–Kier alpha value is 0.844. The van der Waals surface area contributed by atoms with Gasteiger partial charge in [0.05, 0.1) is 0 Å². The second kappa shape index (κ2) is 25.5. The van der Waals surface area contributed by atoms with Crippen LogP contribution in [-0.4, -0.2) is 9.97 Å². The van der Waals surface area contributed by atoms with Gasteiger partial charge in [-0.25, -0.2) is 0 Å². The molecule has 198 valence electrons. The second-order valence-corrected chi connectivity index (χ2v) is 8.19. The van der Waals surface area contributed by atoms with Gasteiger partial charge < -0.3 is 37.7 Å². The number of aromatic nitrogens is 2. The van der Waals surface area contributed by atoms with Gasteiger partial charge in [-0.2, -0.15) is 37.8 Å². The summed E-state index contributed by atoms with van der Waals surface area (Å²) < 4.78 is 0. The molecule has 0 N–H and O–H groups in total. The molecule has 0 amide bonds. The Kier molecular flexibility index (Phi) is 30.8. The number of nitrogens with zero attached hydrogens (tertiary/aromatic N) is 2. The van der Waals surface area contributed by atoms with Crippen molar-refractivity contribution >= 4 is 21.8 Å². The van der Waals surface area contributed by atoms with Gasteiger partial charge in [0.2, 0.25) is 0 Å². The summed E-state index contributed by atoms with van der Waals surface area (Å²) in [5.41, 5.74) is 9.60. The van der Waals surface area contributed by atoms with Crippen LogP contribution in [0, 0.1) is 67.8 Å². The van der Waals surface area contributed by atoms with Gasteiger partial charge in [0.25, 0.3) is 0 Å². The van der Waals surface area contributed by atoms with Gasteiger partial charge in [0, 0.05) is 65.4 Å². The molecular formula is C32H40N2W2Y2-2. The maximum atomic E-state index is 4.31. The van der Waals surface area contributed by atoms with E-state index in [1.165, 1.54) is 44.2 Å². The summed E-state index contributed by atoms with van der Waals surface area (Å²) in [6.07, 6.45) is 9.43. The summed E-state index contributed by atoms with van der Waals surface area (Å²) in [4.78, 5) is 8.55. The number of fused-ring (bicyclic) bond motifs is 2. The van der Waals surface area contributed by atoms with Crippen LogP contribution in [0.15, 0.2) is 36.4 Å². The molecule has 4 rings (SSSR count). The van der Waals surface area contributed by atoms with Gasteiger partial charge in [0.1, 0.15) is 0 Å². The summed E-state index contributed by atoms with van der Waals surface area (Å²) in [6.45, 7) is 27.2. The van der Waals surface area contributed by atoms with E-state index in [1.54, 1.807) is 0 Å². The van der Waals surface area contributed by atoms with E-state index in [-0.39, 0.29) is 108 Å². The molecule has 4 aromatic rings. The summed E-state index contributed by atoms with van der Waals surface area (Å²) in [7, 11) is 0. The zero-order valence-electron chi connectivity index (χ0n) is 24.0. The van der Waals surface area contributed by atoms with Crippen LogP contribution in [0.2, 0.25) is 0 Å². The third-order valence-corrected chi connectivity index (χ3v) is 5.26. The fourth-order valence-corrected chi connectivity index (χ4v) is 3.46. The van der Waals surface area contributed by atoms with Crippen molar-refractivity contribution in [3.8, 4) is 0 Å². The van der Waals surface area contributed by atoms with Gasteiger partial charge in [-0.3, -0.25) is 0 Å². The van der Waals surface area contributed by atoms with Crippen molar-refractivity contribution < 1.29 is 108 Å². The molecule has 2 heterocycles. The predicted octanol–water partition coefficient (Wildman–Crippen LogP) is 8.51. The Bertz CT molecular complexity index is 1180. The number of aryl methyl sites for hydroxylation is 4. The van der Waals surface area contributed by atoms with Crippen molar-refractivity contribution in [1.82, 2.24) is 9.97 Å². The van der Waals surface area contributed by atoms with Crippen LogP contribution in [0.3, 0.4) is 0 Å². The largest absolute Gasteiger partial charge is 2.00 e. The van der Waals surface area contributed by atoms with Crippen molar-refractivity contribution in [2.24, 2.45) is 0 Å². The topological polar surface area (TPSA) is 25.8 Å². The molecule has 0 aliphatic carbocycles. The van der Waals surface area contributed by atoms with Crippen LogP contribution in [0.1, 0.15) is 60.1 Å². The Morgan fingerprint density at radius 3 is 1.66 bits per heavy atom. The molecule has 0 aliphatic heterocycles. The Morgan fingerprint density at radius 1 is 0.658 bits per heavy atom. The maximum Gasteiger partial charge on any atom is 2.00 e. The third-order valence-electron chi connectivity index (χ3n) is 5.26. The minimum atomic E-state index is 0. The van der Waals surface area contributed by atoms with Gasteiger partial charge >= 0.3 is 42.1 Å². The monoisotopic (exact) mass is 998 g/mol. The average molecular weight is 998 g/mol. The van der Waals surface area contributed by atoms with E-state index in [1.807, 2.05) is 26.0 Å². The van der Waals surface area contributed by atoms with Gasteiger partial charge in [-0.05, 0) is 24.9 Å². The molecular weight excluding hydrogens is 958 g/mol. The van der Waals surface area contributed by atoms with Crippen molar-refractivity contribution in [2.45, 2.75) is 67.2 Å². The molecule has 6 heteroatoms. The summed E-state index contributed by atoms with van der Waals surface area (Å²) in [5, 5.41) is 2.44. The number of rotatable bonds is 2. The van der Waals surface area contributed by atoms with Crippen LogP contribution in [0.25, 0.3) is 21.8 Å². The first-order valence-electron chi connectivity index (χ1n) is 12.0. The molecule has 2 aromatic heterocycles. The van der Waals surface area contributed by atoms with Crippen molar-refractivity contribution in [3.05, 3.63) is 110 Å². The van der Waals surface area contributed by atoms with Crippen LogP contribution in [0.5, 0.6) is 0 Å². The van der Waals surface area contributed by atoms with E-state index in [0.29, 0.717) is 0 Å². The normalized spacial score (nSPS) is 8.89. The number of hydrogen-bond donors (Lipinski definition) is 0. The van der Waals surface area contributed by atoms with Gasteiger partial charge in [-0.15, -0.1) is 27.5 Å². The molecule has 0 aliphatic rings. The van der Waals surface area contributed by atoms with Gasteiger partial charge in [-0.1, -0.05) is 81.0 Å². The molecule has 0 saturated carbocycles. The van der Waals surface area contributed by atoms with E-state index >= 15 is 0 Å². The molecule has 0 saturated heterocycles. The van der Waals surface area contributed by atoms with Crippen molar-refractivity contribution in [3.63, 3.8) is 0 Å². The molecule has 0 unspecified atom stereocenters. The minimum Gasteiger partial charge on any atom is -0.386 e. The summed E-state index contributed by atoms with van der Waals surface area (Å²) in [6, 6.07) is 12.4. The third kappa shape index (κ3) is 14.1. The standard InChI is InChI=1S/2C13H13N.2C3H7.2W.2Y/c1-4-11-8-13-12(7-10(11)3)9(2)5-6-14-13;1-4-11-9(2)5-6-12-10(3)7-8-14-13(11)12;2*1-3-2;;;;/h5,7-8H,1,4H2,2-3H3;5-7H,1,4H2,2-3H3;2*1,3H2,2H3;;;;/q2*-2;2*-1;2*+2;;. The van der Waals surface area contributed by atoms with E-state index in [2.05, 4.69) is 102 Å². The number of hydrogen-bond acceptors (Lipinski definition) is 2. The molecule has 0 atom stereocenters. The first-order chi connectivity index (χ1) is 16.3. The molecule has 2 radical (unpaired) electrons. The molecule has 2 nitrogen and oxygen atoms in total. The Labute approximate surface area is 312 Å². The van der Waals surface area contributed by atoms with E-state index in [9.17, 15) is 0 Å². The zero-order valence-corrected chi connectivity index (χ0v) is 35.5. The summed E-state index contributed by atoms with van der Waals surface area (Å²) >= 11 is 0. The second-order valence-electron chi connectivity index (χ2n) is 8.19. The molecule has 0 bridgehead atoms. The van der Waals surface area contributed by atoms with Gasteiger partial charge in [0.15, 0.2) is 0 Å². The van der Waals surface area contributed by atoms with Crippen molar-refractivity contribution in [2.75, 3.05) is 0 Å². The molecule has 0 fully saturated rings. The van der Waals surface area contributed by atoms with E-state index < -0.39 is 0 Å². The predicted molar refractivity (Wildman–Crippen MR) is 150 cm³/mol.